The molecular formula is C41H46N6O2S2. The molecule has 0 spiro atoms. The lowest BCUT2D eigenvalue weighted by atomic mass is 9.94. The van der Waals surface area contributed by atoms with Crippen molar-refractivity contribution in [3.05, 3.63) is 124 Å². The van der Waals surface area contributed by atoms with E-state index in [1.54, 1.807) is 17.4 Å². The first kappa shape index (κ1) is 34.9. The number of hydrogen-bond donors (Lipinski definition) is 6. The fourth-order valence-electron chi connectivity index (χ4n) is 7.33. The highest BCUT2D eigenvalue weighted by atomic mass is 32.1. The lowest BCUT2D eigenvalue weighted by molar-refractivity contribution is 0.215. The summed E-state index contributed by atoms with van der Waals surface area (Å²) in [4.78, 5) is 16.4. The monoisotopic (exact) mass is 718 g/mol. The van der Waals surface area contributed by atoms with Crippen molar-refractivity contribution in [2.24, 2.45) is 0 Å². The first-order valence-electron chi connectivity index (χ1n) is 17.8. The van der Waals surface area contributed by atoms with Crippen LogP contribution in [-0.2, 0) is 32.4 Å². The third kappa shape index (κ3) is 8.37. The molecule has 4 aromatic carbocycles. The zero-order chi connectivity index (χ0) is 35.3. The predicted octanol–water partition coefficient (Wildman–Crippen LogP) is 6.41. The van der Waals surface area contributed by atoms with Gasteiger partial charge in [-0.05, 0) is 125 Å². The first-order valence-corrected chi connectivity index (χ1v) is 19.1. The number of thiophene rings is 1. The maximum Gasteiger partial charge on any atom is 0.315 e. The van der Waals surface area contributed by atoms with Gasteiger partial charge in [-0.1, -0.05) is 60.7 Å². The number of aromatic hydroxyl groups is 1. The summed E-state index contributed by atoms with van der Waals surface area (Å²) in [5.41, 5.74) is 8.75. The predicted molar refractivity (Wildman–Crippen MR) is 212 cm³/mol. The molecule has 0 saturated heterocycles. The van der Waals surface area contributed by atoms with E-state index in [9.17, 15) is 9.90 Å². The zero-order valence-corrected chi connectivity index (χ0v) is 30.8. The third-order valence-electron chi connectivity index (χ3n) is 10.3. The molecular weight excluding hydrogens is 673 g/mol. The van der Waals surface area contributed by atoms with Crippen LogP contribution in [0.5, 0.6) is 5.75 Å². The number of hydrogen-bond acceptors (Lipinski definition) is 6. The van der Waals surface area contributed by atoms with Crippen LogP contribution in [-0.4, -0.2) is 59.9 Å². The molecule has 6 N–H and O–H groups in total. The third-order valence-corrected chi connectivity index (χ3v) is 11.6. The molecule has 8 nitrogen and oxygen atoms in total. The molecule has 0 saturated carbocycles. The van der Waals surface area contributed by atoms with E-state index in [2.05, 4.69) is 111 Å². The summed E-state index contributed by atoms with van der Waals surface area (Å²) >= 11 is 7.42. The van der Waals surface area contributed by atoms with E-state index < -0.39 is 0 Å². The molecule has 2 aliphatic rings. The number of nitrogens with one attached hydrogen (secondary N) is 5. The topological polar surface area (TPSA) is 101 Å². The van der Waals surface area contributed by atoms with E-state index in [0.29, 0.717) is 23.4 Å². The lowest BCUT2D eigenvalue weighted by Crippen LogP contribution is -2.47. The average molecular weight is 719 g/mol. The van der Waals surface area contributed by atoms with E-state index in [1.807, 2.05) is 19.1 Å². The van der Waals surface area contributed by atoms with Gasteiger partial charge in [0.25, 0.3) is 0 Å². The van der Waals surface area contributed by atoms with Crippen LogP contribution in [0.25, 0.3) is 21.2 Å². The summed E-state index contributed by atoms with van der Waals surface area (Å²) in [6.45, 7) is 5.75. The maximum atomic E-state index is 12.9. The highest BCUT2D eigenvalue weighted by Crippen LogP contribution is 2.36. The standard InChI is InChI=1S/C41H46N6O2S2/c1-26(46-40(49)44-23-34-19-29-6-3-4-7-32(29)22-43-34)28-11-13-37-31(18-28)8-5-9-38(37)39-27(15-17-51-39)14-16-42-41(50)45-24-35-20-30-10-12-36(48)21-33(30)25-47(35)2/h3-13,15,17-18,21,26,34-35,43,48H,14,16,19-20,22-25H2,1-2H3,(H2,42,45,50)(H2,44,46,49). The first-order chi connectivity index (χ1) is 24.8. The Morgan fingerprint density at radius 2 is 1.78 bits per heavy atom. The number of phenolic OH excluding ortho intramolecular Hbond substituents is 1. The largest absolute Gasteiger partial charge is 0.508 e. The Morgan fingerprint density at radius 1 is 0.941 bits per heavy atom. The van der Waals surface area contributed by atoms with Crippen molar-refractivity contribution in [1.29, 1.82) is 0 Å². The van der Waals surface area contributed by atoms with Gasteiger partial charge in [0.2, 0.25) is 0 Å². The summed E-state index contributed by atoms with van der Waals surface area (Å²) < 4.78 is 0. The second-order valence-electron chi connectivity index (χ2n) is 13.8. The molecule has 0 fully saturated rings. The molecule has 3 unspecified atom stereocenters. The van der Waals surface area contributed by atoms with Crippen LogP contribution in [0.4, 0.5) is 4.79 Å². The van der Waals surface area contributed by atoms with Gasteiger partial charge in [0, 0.05) is 49.7 Å². The number of rotatable bonds is 10. The molecule has 10 heteroatoms. The molecule has 5 aromatic rings. The number of benzene rings is 4. The Labute approximate surface area is 309 Å². The van der Waals surface area contributed by atoms with E-state index in [1.165, 1.54) is 43.6 Å². The highest BCUT2D eigenvalue weighted by molar-refractivity contribution is 7.80. The van der Waals surface area contributed by atoms with Gasteiger partial charge in [0.05, 0.1) is 6.04 Å². The zero-order valence-electron chi connectivity index (χ0n) is 29.2. The Hall–Kier alpha value is -4.48. The van der Waals surface area contributed by atoms with Crippen molar-refractivity contribution in [3.8, 4) is 16.2 Å². The van der Waals surface area contributed by atoms with Crippen molar-refractivity contribution in [2.45, 2.75) is 57.4 Å². The van der Waals surface area contributed by atoms with Crippen LogP contribution in [0.3, 0.4) is 0 Å². The van der Waals surface area contributed by atoms with Gasteiger partial charge in [0.1, 0.15) is 5.75 Å². The van der Waals surface area contributed by atoms with Crippen molar-refractivity contribution >= 4 is 45.5 Å². The molecule has 1 aromatic heterocycles. The fourth-order valence-corrected chi connectivity index (χ4v) is 8.51. The van der Waals surface area contributed by atoms with Gasteiger partial charge < -0.3 is 31.7 Å². The molecule has 3 heterocycles. The number of nitrogens with zero attached hydrogens (tertiary/aromatic N) is 1. The van der Waals surface area contributed by atoms with Crippen molar-refractivity contribution < 1.29 is 9.90 Å². The summed E-state index contributed by atoms with van der Waals surface area (Å²) in [5.74, 6) is 0.322. The molecule has 0 bridgehead atoms. The number of phenols is 1. The quantitative estimate of drug-likeness (QED) is 0.0929. The van der Waals surface area contributed by atoms with Gasteiger partial charge in [-0.15, -0.1) is 11.3 Å². The number of carbonyl (C=O) groups excluding carboxylic acids is 1. The van der Waals surface area contributed by atoms with Gasteiger partial charge in [-0.25, -0.2) is 4.79 Å². The van der Waals surface area contributed by atoms with Crippen LogP contribution in [0, 0.1) is 0 Å². The maximum absolute atomic E-state index is 12.9. The Morgan fingerprint density at radius 3 is 2.67 bits per heavy atom. The van der Waals surface area contributed by atoms with Crippen LogP contribution in [0.1, 0.15) is 46.3 Å². The number of thiocarbonyl (C=S) groups is 1. The number of carbonyl (C=O) groups is 1. The fraction of sp³-hybridized carbons (Fsp3) is 0.317. The SMILES string of the molecule is CC(NC(=O)NCC1Cc2ccccc2CN1)c1ccc2c(-c3sccc3CCNC(=S)NCC3Cc4ccc(O)cc4CN3C)cccc2c1. The normalized spacial score (nSPS) is 17.6. The number of urea groups is 1. The number of amides is 2. The summed E-state index contributed by atoms with van der Waals surface area (Å²) in [6, 6.07) is 29.6. The van der Waals surface area contributed by atoms with Gasteiger partial charge in [-0.3, -0.25) is 4.90 Å². The minimum Gasteiger partial charge on any atom is -0.508 e. The van der Waals surface area contributed by atoms with Crippen LogP contribution in [0.2, 0.25) is 0 Å². The average Bonchev–Trinajstić information content (AvgIpc) is 3.60. The number of fused-ring (bicyclic) bond motifs is 3. The van der Waals surface area contributed by atoms with Crippen LogP contribution in [0.15, 0.2) is 90.3 Å². The van der Waals surface area contributed by atoms with E-state index >= 15 is 0 Å². The summed E-state index contributed by atoms with van der Waals surface area (Å²) in [5, 5.41) is 31.6. The van der Waals surface area contributed by atoms with E-state index in [0.717, 1.165) is 56.4 Å². The molecule has 2 amide bonds. The minimum atomic E-state index is -0.155. The van der Waals surface area contributed by atoms with Crippen LogP contribution < -0.4 is 26.6 Å². The Kier molecular flexibility index (Phi) is 10.8. The van der Waals surface area contributed by atoms with E-state index in [4.69, 9.17) is 12.2 Å². The van der Waals surface area contributed by atoms with Gasteiger partial charge in [-0.2, -0.15) is 0 Å². The second-order valence-corrected chi connectivity index (χ2v) is 15.1. The molecule has 7 rings (SSSR count). The molecule has 0 aliphatic carbocycles. The summed E-state index contributed by atoms with van der Waals surface area (Å²) in [6.07, 6.45) is 2.69. The Balaban J connectivity index is 0.907. The summed E-state index contributed by atoms with van der Waals surface area (Å²) in [7, 11) is 2.12. The highest BCUT2D eigenvalue weighted by Gasteiger charge is 2.24. The number of likely N-dealkylation sites (N-methyl/N-ethyl adjacent to an activating group) is 1. The molecule has 3 atom stereocenters. The van der Waals surface area contributed by atoms with Gasteiger partial charge >= 0.3 is 6.03 Å². The molecule has 51 heavy (non-hydrogen) atoms. The van der Waals surface area contributed by atoms with Gasteiger partial charge in [0.15, 0.2) is 5.11 Å². The van der Waals surface area contributed by atoms with Crippen molar-refractivity contribution in [1.82, 2.24) is 31.5 Å². The minimum absolute atomic E-state index is 0.136. The van der Waals surface area contributed by atoms with Crippen molar-refractivity contribution in [3.63, 3.8) is 0 Å². The van der Waals surface area contributed by atoms with Crippen molar-refractivity contribution in [2.75, 3.05) is 26.7 Å². The van der Waals surface area contributed by atoms with Crippen LogP contribution >= 0.6 is 23.6 Å². The lowest BCUT2D eigenvalue weighted by Gasteiger charge is -2.34. The second kappa shape index (κ2) is 15.8. The Bertz CT molecular complexity index is 2030. The molecule has 2 aliphatic heterocycles. The molecule has 0 radical (unpaired) electrons. The van der Waals surface area contributed by atoms with E-state index in [-0.39, 0.29) is 18.1 Å². The smallest absolute Gasteiger partial charge is 0.315 e. The molecule has 264 valence electrons.